The lowest BCUT2D eigenvalue weighted by atomic mass is 9.99. The summed E-state index contributed by atoms with van der Waals surface area (Å²) in [7, 11) is 0. The molecule has 1 aromatic heterocycles. The average molecular weight is 253 g/mol. The fraction of sp³-hybridized carbons (Fsp3) is 0.400. The molecule has 1 aromatic rings. The number of nitrogens with zero attached hydrogens (tertiary/aromatic N) is 2. The molecule has 0 aromatic carbocycles. The summed E-state index contributed by atoms with van der Waals surface area (Å²) in [5, 5.41) is 38.3. The normalized spacial score (nSPS) is 13.7. The van der Waals surface area contributed by atoms with Crippen LogP contribution >= 0.6 is 0 Å². The molecule has 0 aliphatic carbocycles. The van der Waals surface area contributed by atoms with Gasteiger partial charge in [-0.1, -0.05) is 0 Å². The summed E-state index contributed by atoms with van der Waals surface area (Å²) in [5.41, 5.74) is -1.59. The van der Waals surface area contributed by atoms with Crippen molar-refractivity contribution in [1.29, 1.82) is 5.26 Å². The number of aliphatic hydroxyl groups is 2. The van der Waals surface area contributed by atoms with Gasteiger partial charge in [-0.05, 0) is 6.92 Å². The maximum Gasteiger partial charge on any atom is 0.337 e. The fourth-order valence-corrected chi connectivity index (χ4v) is 1.57. The van der Waals surface area contributed by atoms with E-state index in [1.54, 1.807) is 6.07 Å². The molecule has 0 radical (unpaired) electrons. The Balaban J connectivity index is 3.28. The van der Waals surface area contributed by atoms with Crippen molar-refractivity contribution < 1.29 is 15.1 Å². The first-order valence-corrected chi connectivity index (χ1v) is 4.99. The van der Waals surface area contributed by atoms with Gasteiger partial charge in [-0.25, -0.2) is 0 Å². The Morgan fingerprint density at radius 3 is 2.72 bits per heavy atom. The Labute approximate surface area is 101 Å². The molecule has 1 heterocycles. The maximum absolute atomic E-state index is 11.3. The highest BCUT2D eigenvalue weighted by molar-refractivity contribution is 5.42. The van der Waals surface area contributed by atoms with Crippen LogP contribution in [0.2, 0.25) is 0 Å². The lowest BCUT2D eigenvalue weighted by Crippen LogP contribution is -2.22. The van der Waals surface area contributed by atoms with Crippen molar-refractivity contribution in [2.24, 2.45) is 0 Å². The van der Waals surface area contributed by atoms with Crippen molar-refractivity contribution in [2.45, 2.75) is 25.6 Å². The summed E-state index contributed by atoms with van der Waals surface area (Å²) in [4.78, 5) is 23.2. The molecule has 0 bridgehead atoms. The smallest absolute Gasteiger partial charge is 0.337 e. The number of rotatable bonds is 4. The summed E-state index contributed by atoms with van der Waals surface area (Å²) in [6, 6.07) is 1.67. The quantitative estimate of drug-likeness (QED) is 0.505. The Morgan fingerprint density at radius 2 is 2.22 bits per heavy atom. The molecule has 0 spiro atoms. The number of aromatic amines is 1. The molecule has 2 unspecified atom stereocenters. The van der Waals surface area contributed by atoms with Crippen molar-refractivity contribution in [3.8, 4) is 6.07 Å². The van der Waals surface area contributed by atoms with E-state index in [4.69, 9.17) is 5.26 Å². The first-order valence-electron chi connectivity index (χ1n) is 4.99. The van der Waals surface area contributed by atoms with Crippen molar-refractivity contribution in [3.63, 3.8) is 0 Å². The second-order valence-corrected chi connectivity index (χ2v) is 3.68. The van der Waals surface area contributed by atoms with Crippen LogP contribution in [0, 0.1) is 28.4 Å². The van der Waals surface area contributed by atoms with E-state index in [1.165, 1.54) is 6.92 Å². The topological polar surface area (TPSA) is 140 Å². The second-order valence-electron chi connectivity index (χ2n) is 3.68. The van der Waals surface area contributed by atoms with Crippen molar-refractivity contribution in [1.82, 2.24) is 4.98 Å². The number of H-pyrrole nitrogens is 1. The van der Waals surface area contributed by atoms with Crippen LogP contribution in [0.1, 0.15) is 23.7 Å². The molecule has 1 rings (SSSR count). The molecule has 2 atom stereocenters. The number of pyridine rings is 1. The number of nitrogens with one attached hydrogen (secondary N) is 1. The third-order valence-corrected chi connectivity index (χ3v) is 2.53. The minimum atomic E-state index is -1.47. The van der Waals surface area contributed by atoms with Gasteiger partial charge in [0.1, 0.15) is 6.10 Å². The zero-order valence-electron chi connectivity index (χ0n) is 9.45. The van der Waals surface area contributed by atoms with Crippen LogP contribution in [0.3, 0.4) is 0 Å². The third kappa shape index (κ3) is 2.53. The number of nitriles is 1. The molecule has 8 nitrogen and oxygen atoms in total. The maximum atomic E-state index is 11.3. The van der Waals surface area contributed by atoms with E-state index >= 15 is 0 Å². The van der Waals surface area contributed by atoms with Gasteiger partial charge in [0.2, 0.25) is 0 Å². The fourth-order valence-electron chi connectivity index (χ4n) is 1.57. The monoisotopic (exact) mass is 253 g/mol. The molecule has 3 N–H and O–H groups in total. The first kappa shape index (κ1) is 13.8. The van der Waals surface area contributed by atoms with E-state index in [-0.39, 0.29) is 17.5 Å². The molecule has 0 fully saturated rings. The van der Waals surface area contributed by atoms with Crippen molar-refractivity contribution >= 4 is 5.69 Å². The van der Waals surface area contributed by atoms with Crippen LogP contribution < -0.4 is 5.56 Å². The molecule has 0 amide bonds. The molecular weight excluding hydrogens is 242 g/mol. The van der Waals surface area contributed by atoms with Crippen LogP contribution in [0.15, 0.2) is 11.0 Å². The van der Waals surface area contributed by atoms with E-state index in [2.05, 4.69) is 4.98 Å². The zero-order chi connectivity index (χ0) is 13.9. The number of hydrogen-bond donors (Lipinski definition) is 3. The van der Waals surface area contributed by atoms with Crippen molar-refractivity contribution in [2.75, 3.05) is 0 Å². The second kappa shape index (κ2) is 5.39. The third-order valence-electron chi connectivity index (χ3n) is 2.53. The predicted octanol–water partition coefficient (Wildman–Crippen LogP) is -0.101. The molecule has 18 heavy (non-hydrogen) atoms. The SMILES string of the molecule is Cc1c(C(O)C(O)CC#N)c[nH]c(=O)c1[N+](=O)[O-]. The molecule has 0 aliphatic heterocycles. The van der Waals surface area contributed by atoms with Gasteiger partial charge in [-0.2, -0.15) is 5.26 Å². The Morgan fingerprint density at radius 1 is 1.61 bits per heavy atom. The summed E-state index contributed by atoms with van der Waals surface area (Å²) >= 11 is 0. The highest BCUT2D eigenvalue weighted by atomic mass is 16.6. The molecule has 8 heteroatoms. The molecule has 0 aliphatic rings. The summed E-state index contributed by atoms with van der Waals surface area (Å²) in [6.07, 6.45) is -2.08. The van der Waals surface area contributed by atoms with E-state index in [1.807, 2.05) is 0 Å². The Hall–Kier alpha value is -2.24. The van der Waals surface area contributed by atoms with E-state index in [0.717, 1.165) is 6.20 Å². The average Bonchev–Trinajstić information content (AvgIpc) is 2.28. The highest BCUT2D eigenvalue weighted by Gasteiger charge is 2.26. The summed E-state index contributed by atoms with van der Waals surface area (Å²) in [5.74, 6) is 0. The van der Waals surface area contributed by atoms with Crippen molar-refractivity contribution in [3.05, 3.63) is 37.8 Å². The standard InChI is InChI=1S/C10H11N3O5/c1-5-6(9(15)7(14)2-3-11)4-12-10(16)8(5)13(17)18/h4,7,9,14-15H,2H2,1H3,(H,12,16). The summed E-state index contributed by atoms with van der Waals surface area (Å²) < 4.78 is 0. The minimum absolute atomic E-state index is 0.0176. The van der Waals surface area contributed by atoms with Crippen LogP contribution in [0.4, 0.5) is 5.69 Å². The lowest BCUT2D eigenvalue weighted by Gasteiger charge is -2.16. The lowest BCUT2D eigenvalue weighted by molar-refractivity contribution is -0.387. The van der Waals surface area contributed by atoms with Gasteiger partial charge < -0.3 is 15.2 Å². The van der Waals surface area contributed by atoms with Crippen LogP contribution in [-0.4, -0.2) is 26.2 Å². The van der Waals surface area contributed by atoms with E-state index < -0.39 is 28.4 Å². The van der Waals surface area contributed by atoms with Gasteiger partial charge in [0.25, 0.3) is 0 Å². The molecule has 96 valence electrons. The largest absolute Gasteiger partial charge is 0.389 e. The Bertz CT molecular complexity index is 560. The van der Waals surface area contributed by atoms with E-state index in [9.17, 15) is 25.1 Å². The molecular formula is C10H11N3O5. The summed E-state index contributed by atoms with van der Waals surface area (Å²) in [6.45, 7) is 1.30. The molecule has 0 saturated heterocycles. The van der Waals surface area contributed by atoms with Gasteiger partial charge in [-0.15, -0.1) is 0 Å². The number of nitro groups is 1. The highest BCUT2D eigenvalue weighted by Crippen LogP contribution is 2.25. The van der Waals surface area contributed by atoms with Gasteiger partial charge in [0, 0.05) is 17.3 Å². The number of hydrogen-bond acceptors (Lipinski definition) is 6. The van der Waals surface area contributed by atoms with Crippen LogP contribution in [0.5, 0.6) is 0 Å². The van der Waals surface area contributed by atoms with E-state index in [0.29, 0.717) is 0 Å². The predicted molar refractivity (Wildman–Crippen MR) is 59.7 cm³/mol. The van der Waals surface area contributed by atoms with Crippen LogP contribution in [0.25, 0.3) is 0 Å². The number of aromatic nitrogens is 1. The van der Waals surface area contributed by atoms with Gasteiger partial charge in [0.15, 0.2) is 0 Å². The van der Waals surface area contributed by atoms with Gasteiger partial charge in [0.05, 0.1) is 23.5 Å². The van der Waals surface area contributed by atoms with Crippen LogP contribution in [-0.2, 0) is 0 Å². The first-order chi connectivity index (χ1) is 8.40. The Kier molecular flexibility index (Phi) is 4.14. The zero-order valence-corrected chi connectivity index (χ0v) is 9.45. The van der Waals surface area contributed by atoms with Gasteiger partial charge >= 0.3 is 11.2 Å². The number of aliphatic hydroxyl groups excluding tert-OH is 2. The van der Waals surface area contributed by atoms with Gasteiger partial charge in [-0.3, -0.25) is 14.9 Å². The minimum Gasteiger partial charge on any atom is -0.389 e. The molecule has 0 saturated carbocycles.